The zero-order valence-corrected chi connectivity index (χ0v) is 15.6. The minimum atomic E-state index is -1.58. The van der Waals surface area contributed by atoms with E-state index in [0.717, 1.165) is 6.92 Å². The van der Waals surface area contributed by atoms with Crippen molar-refractivity contribution in [2.45, 2.75) is 51.9 Å². The van der Waals surface area contributed by atoms with Gasteiger partial charge in [-0.15, -0.1) is 0 Å². The van der Waals surface area contributed by atoms with Gasteiger partial charge < -0.3 is 29.4 Å². The molecule has 1 aromatic carbocycles. The predicted molar refractivity (Wildman–Crippen MR) is 92.6 cm³/mol. The fourth-order valence-corrected chi connectivity index (χ4v) is 2.50. The van der Waals surface area contributed by atoms with Crippen molar-refractivity contribution in [2.24, 2.45) is 0 Å². The molecule has 148 valence electrons. The molecular formula is C18H23NO8. The van der Waals surface area contributed by atoms with Gasteiger partial charge >= 0.3 is 18.0 Å². The van der Waals surface area contributed by atoms with Crippen LogP contribution in [0.1, 0.15) is 33.3 Å². The van der Waals surface area contributed by atoms with Gasteiger partial charge in [-0.3, -0.25) is 4.79 Å². The lowest BCUT2D eigenvalue weighted by Gasteiger charge is -2.27. The fraction of sp³-hybridized carbons (Fsp3) is 0.500. The maximum Gasteiger partial charge on any atom is 0.408 e. The number of aliphatic carboxylic acids is 1. The normalized spacial score (nSPS) is 14.8. The van der Waals surface area contributed by atoms with E-state index >= 15 is 0 Å². The Morgan fingerprint density at radius 3 is 2.48 bits per heavy atom. The summed E-state index contributed by atoms with van der Waals surface area (Å²) in [5, 5.41) is 11.9. The number of carboxylic acids is 1. The number of benzene rings is 1. The summed E-state index contributed by atoms with van der Waals surface area (Å²) >= 11 is 0. The van der Waals surface area contributed by atoms with Crippen LogP contribution in [0.3, 0.4) is 0 Å². The lowest BCUT2D eigenvalue weighted by atomic mass is 10.0. The second-order valence-corrected chi connectivity index (χ2v) is 7.01. The van der Waals surface area contributed by atoms with Crippen molar-refractivity contribution < 1.29 is 38.4 Å². The zero-order chi connectivity index (χ0) is 20.2. The van der Waals surface area contributed by atoms with Gasteiger partial charge in [0.25, 0.3) is 0 Å². The number of nitrogens with one attached hydrogen (secondary N) is 1. The molecule has 1 heterocycles. The van der Waals surface area contributed by atoms with Gasteiger partial charge in [0.05, 0.1) is 6.04 Å². The lowest BCUT2D eigenvalue weighted by molar-refractivity contribution is -0.164. The van der Waals surface area contributed by atoms with Gasteiger partial charge in [0, 0.05) is 6.92 Å². The molecule has 0 radical (unpaired) electrons. The van der Waals surface area contributed by atoms with Crippen LogP contribution in [-0.2, 0) is 25.5 Å². The van der Waals surface area contributed by atoms with E-state index in [9.17, 15) is 19.5 Å². The summed E-state index contributed by atoms with van der Waals surface area (Å²) in [5.41, 5.74) is -0.105. The van der Waals surface area contributed by atoms with Crippen LogP contribution in [-0.4, -0.2) is 47.7 Å². The molecule has 0 fully saturated rings. The van der Waals surface area contributed by atoms with Gasteiger partial charge in [-0.1, -0.05) is 6.07 Å². The summed E-state index contributed by atoms with van der Waals surface area (Å²) in [6.45, 7) is 6.24. The monoisotopic (exact) mass is 381 g/mol. The summed E-state index contributed by atoms with van der Waals surface area (Å²) in [5.74, 6) is -1.07. The van der Waals surface area contributed by atoms with E-state index in [1.165, 1.54) is 0 Å². The number of hydrogen-bond donors (Lipinski definition) is 2. The van der Waals surface area contributed by atoms with Gasteiger partial charge in [-0.05, 0) is 44.9 Å². The van der Waals surface area contributed by atoms with Gasteiger partial charge in [0.15, 0.2) is 11.5 Å². The number of amides is 1. The molecule has 0 saturated carbocycles. The molecule has 0 aromatic heterocycles. The molecule has 0 saturated heterocycles. The Morgan fingerprint density at radius 1 is 1.22 bits per heavy atom. The molecule has 1 aliphatic rings. The summed E-state index contributed by atoms with van der Waals surface area (Å²) in [6.07, 6.45) is -2.33. The third kappa shape index (κ3) is 6.05. The van der Waals surface area contributed by atoms with E-state index in [2.05, 4.69) is 5.32 Å². The van der Waals surface area contributed by atoms with Crippen LogP contribution in [0.5, 0.6) is 11.5 Å². The number of carboxylic acid groups (broad SMARTS) is 1. The molecule has 1 aromatic rings. The van der Waals surface area contributed by atoms with Gasteiger partial charge in [-0.25, -0.2) is 9.59 Å². The maximum atomic E-state index is 12.1. The highest BCUT2D eigenvalue weighted by atomic mass is 16.7. The van der Waals surface area contributed by atoms with E-state index in [1.54, 1.807) is 39.0 Å². The van der Waals surface area contributed by atoms with Gasteiger partial charge in [0.2, 0.25) is 12.9 Å². The molecule has 2 rings (SSSR count). The SMILES string of the molecule is CC(=O)OC(C(=O)O)C(Cc1ccc2c(c1)OCO2)NC(=O)OC(C)(C)C. The van der Waals surface area contributed by atoms with Crippen molar-refractivity contribution in [3.63, 3.8) is 0 Å². The molecule has 0 bridgehead atoms. The first-order valence-electron chi connectivity index (χ1n) is 8.33. The Kier molecular flexibility index (Phi) is 6.14. The molecular weight excluding hydrogens is 358 g/mol. The first kappa shape index (κ1) is 20.3. The van der Waals surface area contributed by atoms with Crippen molar-refractivity contribution >= 4 is 18.0 Å². The Morgan fingerprint density at radius 2 is 1.89 bits per heavy atom. The molecule has 0 spiro atoms. The third-order valence-corrected chi connectivity index (χ3v) is 3.50. The van der Waals surface area contributed by atoms with Crippen LogP contribution in [0.2, 0.25) is 0 Å². The Labute approximate surface area is 156 Å². The second-order valence-electron chi connectivity index (χ2n) is 7.01. The smallest absolute Gasteiger partial charge is 0.408 e. The van der Waals surface area contributed by atoms with Crippen molar-refractivity contribution in [1.29, 1.82) is 0 Å². The number of esters is 1. The number of hydrogen-bond acceptors (Lipinski definition) is 7. The van der Waals surface area contributed by atoms with E-state index in [1.807, 2.05) is 0 Å². The third-order valence-electron chi connectivity index (χ3n) is 3.50. The highest BCUT2D eigenvalue weighted by molar-refractivity contribution is 5.79. The summed E-state index contributed by atoms with van der Waals surface area (Å²) in [4.78, 5) is 35.1. The molecule has 0 aliphatic carbocycles. The lowest BCUT2D eigenvalue weighted by Crippen LogP contribution is -2.51. The molecule has 27 heavy (non-hydrogen) atoms. The number of carbonyl (C=O) groups is 3. The first-order valence-corrected chi connectivity index (χ1v) is 8.33. The van der Waals surface area contributed by atoms with Crippen LogP contribution in [0, 0.1) is 0 Å². The molecule has 1 aliphatic heterocycles. The van der Waals surface area contributed by atoms with Crippen LogP contribution in [0.25, 0.3) is 0 Å². The predicted octanol–water partition coefficient (Wildman–Crippen LogP) is 1.87. The van der Waals surface area contributed by atoms with E-state index in [-0.39, 0.29) is 13.2 Å². The molecule has 2 N–H and O–H groups in total. The molecule has 1 amide bonds. The Balaban J connectivity index is 2.23. The standard InChI is InChI=1S/C18H23NO8/c1-10(20)26-15(16(21)22)12(19-17(23)27-18(2,3)4)7-11-5-6-13-14(8-11)25-9-24-13/h5-6,8,12,15H,7,9H2,1-4H3,(H,19,23)(H,21,22). The second kappa shape index (κ2) is 8.15. The van der Waals surface area contributed by atoms with Crippen LogP contribution in [0.4, 0.5) is 4.79 Å². The van der Waals surface area contributed by atoms with Crippen LogP contribution < -0.4 is 14.8 Å². The summed E-state index contributed by atoms with van der Waals surface area (Å²) < 4.78 is 20.6. The largest absolute Gasteiger partial charge is 0.478 e. The average molecular weight is 381 g/mol. The highest BCUT2D eigenvalue weighted by Gasteiger charge is 2.34. The van der Waals surface area contributed by atoms with E-state index < -0.39 is 35.8 Å². The molecule has 9 heteroatoms. The minimum Gasteiger partial charge on any atom is -0.478 e. The number of rotatable bonds is 6. The van der Waals surface area contributed by atoms with Crippen molar-refractivity contribution in [1.82, 2.24) is 5.32 Å². The van der Waals surface area contributed by atoms with Gasteiger partial charge in [-0.2, -0.15) is 0 Å². The van der Waals surface area contributed by atoms with E-state index in [4.69, 9.17) is 18.9 Å². The topological polar surface area (TPSA) is 120 Å². The zero-order valence-electron chi connectivity index (χ0n) is 15.6. The van der Waals surface area contributed by atoms with Crippen molar-refractivity contribution in [3.05, 3.63) is 23.8 Å². The first-order chi connectivity index (χ1) is 12.5. The number of carbonyl (C=O) groups excluding carboxylic acids is 2. The van der Waals surface area contributed by atoms with Crippen molar-refractivity contribution in [2.75, 3.05) is 6.79 Å². The fourth-order valence-electron chi connectivity index (χ4n) is 2.50. The van der Waals surface area contributed by atoms with Crippen LogP contribution >= 0.6 is 0 Å². The Hall–Kier alpha value is -2.97. The molecule has 2 unspecified atom stereocenters. The van der Waals surface area contributed by atoms with Crippen molar-refractivity contribution in [3.8, 4) is 11.5 Å². The Bertz CT molecular complexity index is 725. The molecule has 2 atom stereocenters. The summed E-state index contributed by atoms with van der Waals surface area (Å²) in [7, 11) is 0. The number of fused-ring (bicyclic) bond motifs is 1. The van der Waals surface area contributed by atoms with E-state index in [0.29, 0.717) is 17.1 Å². The minimum absolute atomic E-state index is 0.0696. The quantitative estimate of drug-likeness (QED) is 0.717. The average Bonchev–Trinajstić information content (AvgIpc) is 2.97. The number of alkyl carbamates (subject to hydrolysis) is 1. The maximum absolute atomic E-state index is 12.1. The molecule has 9 nitrogen and oxygen atoms in total. The highest BCUT2D eigenvalue weighted by Crippen LogP contribution is 2.33. The number of ether oxygens (including phenoxy) is 4. The summed E-state index contributed by atoms with van der Waals surface area (Å²) in [6, 6.07) is 4.02. The van der Waals surface area contributed by atoms with Gasteiger partial charge in [0.1, 0.15) is 5.60 Å². The van der Waals surface area contributed by atoms with Crippen LogP contribution in [0.15, 0.2) is 18.2 Å².